The second-order valence-corrected chi connectivity index (χ2v) is 5.94. The first-order valence-electron chi connectivity index (χ1n) is 9.93. The summed E-state index contributed by atoms with van der Waals surface area (Å²) in [6.45, 7) is 9.07. The van der Waals surface area contributed by atoms with Crippen molar-refractivity contribution >= 4 is 35.8 Å². The number of rotatable bonds is 14. The summed E-state index contributed by atoms with van der Waals surface area (Å²) in [6, 6.07) is 0. The van der Waals surface area contributed by atoms with Crippen molar-refractivity contribution < 1.29 is 19.1 Å². The summed E-state index contributed by atoms with van der Waals surface area (Å²) in [5, 5.41) is 0. The molecule has 0 aliphatic rings. The van der Waals surface area contributed by atoms with Gasteiger partial charge in [0.1, 0.15) is 0 Å². The van der Waals surface area contributed by atoms with Crippen LogP contribution in [0.15, 0.2) is 0 Å². The van der Waals surface area contributed by atoms with E-state index in [1.807, 2.05) is 13.8 Å². The zero-order chi connectivity index (χ0) is 18.5. The quantitative estimate of drug-likeness (QED) is 0.196. The Bertz CT molecular complexity index is 255. The molecule has 0 aliphatic carbocycles. The molecule has 0 rings (SSSR count). The molecule has 0 aromatic heterocycles. The van der Waals surface area contributed by atoms with Gasteiger partial charge in [0.2, 0.25) is 0 Å². The summed E-state index contributed by atoms with van der Waals surface area (Å²) in [5.74, 6) is -0.0944. The molecule has 0 heterocycles. The van der Waals surface area contributed by atoms with E-state index in [9.17, 15) is 9.59 Å². The maximum absolute atomic E-state index is 10.9. The summed E-state index contributed by atoms with van der Waals surface area (Å²) < 4.78 is 9.62. The Kier molecular flexibility index (Phi) is 30.6. The maximum atomic E-state index is 10.9. The third kappa shape index (κ3) is 28.8. The van der Waals surface area contributed by atoms with Crippen LogP contribution >= 0.6 is 0 Å². The number of carbonyl (C=O) groups excluding carboxylic acids is 2. The molecule has 0 saturated carbocycles. The van der Waals surface area contributed by atoms with Crippen molar-refractivity contribution in [3.8, 4) is 0 Å². The fourth-order valence-electron chi connectivity index (χ4n) is 2.21. The molecule has 0 amide bonds. The average molecular weight is 463 g/mol. The van der Waals surface area contributed by atoms with Crippen molar-refractivity contribution in [3.05, 3.63) is 0 Å². The Labute approximate surface area is 172 Å². The van der Waals surface area contributed by atoms with Crippen LogP contribution in [-0.2, 0) is 19.1 Å². The van der Waals surface area contributed by atoms with Crippen LogP contribution in [0.25, 0.3) is 0 Å². The van der Waals surface area contributed by atoms with Gasteiger partial charge in [-0.2, -0.15) is 0 Å². The van der Waals surface area contributed by atoms with Gasteiger partial charge in [-0.3, -0.25) is 9.59 Å². The van der Waals surface area contributed by atoms with E-state index in [-0.39, 0.29) is 35.8 Å². The number of carbonyl (C=O) groups is 2. The van der Waals surface area contributed by atoms with Crippen molar-refractivity contribution in [2.24, 2.45) is 0 Å². The van der Waals surface area contributed by atoms with Crippen LogP contribution in [0.4, 0.5) is 0 Å². The van der Waals surface area contributed by atoms with E-state index in [4.69, 9.17) is 9.47 Å². The van der Waals surface area contributed by atoms with Crippen molar-refractivity contribution in [1.82, 2.24) is 0 Å². The molecule has 0 saturated heterocycles. The molecule has 0 aromatic carbocycles. The number of unbranched alkanes of at least 4 members (excludes halogenated alkanes) is 8. The third-order valence-corrected chi connectivity index (χ3v) is 3.58. The molecule has 0 N–H and O–H groups in total. The molecule has 148 valence electrons. The van der Waals surface area contributed by atoms with Crippen LogP contribution in [0.5, 0.6) is 0 Å². The summed E-state index contributed by atoms with van der Waals surface area (Å²) in [5.41, 5.74) is 0. The molecule has 5 heteroatoms. The van der Waals surface area contributed by atoms with Crippen molar-refractivity contribution in [3.63, 3.8) is 0 Å². The van der Waals surface area contributed by atoms with Crippen LogP contribution in [0.2, 0.25) is 0 Å². The van der Waals surface area contributed by atoms with Crippen molar-refractivity contribution in [1.29, 1.82) is 0 Å². The third-order valence-electron chi connectivity index (χ3n) is 3.58. The van der Waals surface area contributed by atoms with Gasteiger partial charge in [0.15, 0.2) is 0 Å². The van der Waals surface area contributed by atoms with Gasteiger partial charge in [-0.15, -0.1) is 0 Å². The van der Waals surface area contributed by atoms with Crippen LogP contribution in [0.1, 0.15) is 105 Å². The Morgan fingerprint density at radius 2 is 0.880 bits per heavy atom. The van der Waals surface area contributed by atoms with Crippen LogP contribution in [0, 0.1) is 0 Å². The Morgan fingerprint density at radius 3 is 1.16 bits per heavy atom. The molecule has 0 unspecified atom stereocenters. The Morgan fingerprint density at radius 1 is 0.560 bits per heavy atom. The van der Waals surface area contributed by atoms with E-state index in [1.54, 1.807) is 0 Å². The summed E-state index contributed by atoms with van der Waals surface area (Å²) in [6.07, 6.45) is 13.0. The zero-order valence-electron chi connectivity index (χ0n) is 17.0. The number of hydrogen-bond donors (Lipinski definition) is 0. The molecule has 4 radical (unpaired) electrons. The first-order valence-corrected chi connectivity index (χ1v) is 9.93. The van der Waals surface area contributed by atoms with E-state index < -0.39 is 0 Å². The molecule has 0 bridgehead atoms. The SMILES string of the molecule is CCCCCCCC(=O)OCC.CCCCCCCC(=O)OCC.[Sn]. The maximum Gasteiger partial charge on any atom is 0.305 e. The van der Waals surface area contributed by atoms with Gasteiger partial charge in [0.05, 0.1) is 13.2 Å². The van der Waals surface area contributed by atoms with Crippen LogP contribution < -0.4 is 0 Å². The molecule has 0 fully saturated rings. The second-order valence-electron chi connectivity index (χ2n) is 5.94. The van der Waals surface area contributed by atoms with Crippen LogP contribution in [0.3, 0.4) is 0 Å². The first-order chi connectivity index (χ1) is 11.6. The standard InChI is InChI=1S/2C10H20O2.Sn/c2*1-3-5-6-7-8-9-10(11)12-4-2;/h2*3-9H2,1-2H3;. The minimum absolute atomic E-state index is 0. The smallest absolute Gasteiger partial charge is 0.305 e. The van der Waals surface area contributed by atoms with Gasteiger partial charge in [0.25, 0.3) is 0 Å². The van der Waals surface area contributed by atoms with Gasteiger partial charge in [-0.1, -0.05) is 65.2 Å². The molecule has 0 aromatic rings. The average Bonchev–Trinajstić information content (AvgIpc) is 2.56. The summed E-state index contributed by atoms with van der Waals surface area (Å²) in [4.78, 5) is 21.7. The number of hydrogen-bond acceptors (Lipinski definition) is 4. The van der Waals surface area contributed by atoms with E-state index in [1.165, 1.54) is 38.5 Å². The largest absolute Gasteiger partial charge is 0.466 e. The topological polar surface area (TPSA) is 52.6 Å². The van der Waals surface area contributed by atoms with Gasteiger partial charge in [-0.05, 0) is 26.7 Å². The van der Waals surface area contributed by atoms with E-state index in [0.717, 1.165) is 25.7 Å². The predicted octanol–water partition coefficient (Wildman–Crippen LogP) is 5.44. The first kappa shape index (κ1) is 29.5. The molecule has 25 heavy (non-hydrogen) atoms. The minimum Gasteiger partial charge on any atom is -0.466 e. The molecular weight excluding hydrogens is 423 g/mol. The fraction of sp³-hybridized carbons (Fsp3) is 0.900. The predicted molar refractivity (Wildman–Crippen MR) is 106 cm³/mol. The number of esters is 2. The van der Waals surface area contributed by atoms with Crippen molar-refractivity contribution in [2.45, 2.75) is 105 Å². The molecule has 4 nitrogen and oxygen atoms in total. The molecular formula is C20H40O4Sn. The molecule has 0 atom stereocenters. The fourth-order valence-corrected chi connectivity index (χ4v) is 2.21. The van der Waals surface area contributed by atoms with Gasteiger partial charge >= 0.3 is 11.9 Å². The van der Waals surface area contributed by atoms with E-state index >= 15 is 0 Å². The number of ether oxygens (including phenoxy) is 2. The molecule has 0 spiro atoms. The second kappa shape index (κ2) is 26.0. The minimum atomic E-state index is -0.0472. The van der Waals surface area contributed by atoms with Gasteiger partial charge < -0.3 is 9.47 Å². The summed E-state index contributed by atoms with van der Waals surface area (Å²) >= 11 is 0. The van der Waals surface area contributed by atoms with E-state index in [2.05, 4.69) is 13.8 Å². The molecule has 0 aliphatic heterocycles. The zero-order valence-corrected chi connectivity index (χ0v) is 19.9. The monoisotopic (exact) mass is 464 g/mol. The van der Waals surface area contributed by atoms with E-state index in [0.29, 0.717) is 26.1 Å². The van der Waals surface area contributed by atoms with Crippen molar-refractivity contribution in [2.75, 3.05) is 13.2 Å². The van der Waals surface area contributed by atoms with Gasteiger partial charge in [-0.25, -0.2) is 0 Å². The Hall–Kier alpha value is -0.261. The normalized spacial score (nSPS) is 9.44. The van der Waals surface area contributed by atoms with Crippen LogP contribution in [-0.4, -0.2) is 49.1 Å². The summed E-state index contributed by atoms with van der Waals surface area (Å²) in [7, 11) is 0. The van der Waals surface area contributed by atoms with Gasteiger partial charge in [0, 0.05) is 36.7 Å². The Balaban J connectivity index is -0.000000372.